The van der Waals surface area contributed by atoms with Gasteiger partial charge in [0, 0.05) is 10.9 Å². The predicted octanol–water partition coefficient (Wildman–Crippen LogP) is 5.07. The molecule has 2 nitrogen and oxygen atoms in total. The Labute approximate surface area is 128 Å². The van der Waals surface area contributed by atoms with Crippen LogP contribution in [-0.2, 0) is 4.74 Å². The lowest BCUT2D eigenvalue weighted by Crippen LogP contribution is -2.30. The van der Waals surface area contributed by atoms with E-state index in [1.165, 1.54) is 36.1 Å². The van der Waals surface area contributed by atoms with Gasteiger partial charge < -0.3 is 10.5 Å². The highest BCUT2D eigenvalue weighted by molar-refractivity contribution is 7.10. The highest BCUT2D eigenvalue weighted by Crippen LogP contribution is 2.31. The van der Waals surface area contributed by atoms with E-state index in [1.54, 1.807) is 11.3 Å². The van der Waals surface area contributed by atoms with Gasteiger partial charge in [0.2, 0.25) is 0 Å². The van der Waals surface area contributed by atoms with Crippen molar-refractivity contribution in [3.63, 3.8) is 0 Å². The lowest BCUT2D eigenvalue weighted by atomic mass is 10.00. The summed E-state index contributed by atoms with van der Waals surface area (Å²) >= 11 is 1.77. The summed E-state index contributed by atoms with van der Waals surface area (Å²) in [6, 6.07) is 2.25. The zero-order chi connectivity index (χ0) is 15.0. The van der Waals surface area contributed by atoms with Gasteiger partial charge in [-0.25, -0.2) is 0 Å². The summed E-state index contributed by atoms with van der Waals surface area (Å²) in [5.74, 6) is 0.668. The summed E-state index contributed by atoms with van der Waals surface area (Å²) in [4.78, 5) is 1.31. The molecular weight excluding hydrogens is 266 g/mol. The molecule has 0 amide bonds. The minimum absolute atomic E-state index is 0.0654. The third-order valence-corrected chi connectivity index (χ3v) is 5.16. The van der Waals surface area contributed by atoms with Crippen LogP contribution in [0.2, 0.25) is 0 Å². The lowest BCUT2D eigenvalue weighted by molar-refractivity contribution is 0.0105. The van der Waals surface area contributed by atoms with Gasteiger partial charge in [-0.05, 0) is 42.7 Å². The van der Waals surface area contributed by atoms with E-state index in [-0.39, 0.29) is 12.1 Å². The van der Waals surface area contributed by atoms with Crippen LogP contribution in [-0.4, -0.2) is 12.6 Å². The standard InChI is InChI=1S/C17H31NOS/c1-5-8-9-14(6-2)12-19-16(15(18)7-3)17-13(4)10-11-20-17/h10-11,14-16H,5-9,12,18H2,1-4H3. The first-order valence-electron chi connectivity index (χ1n) is 8.05. The Balaban J connectivity index is 2.64. The van der Waals surface area contributed by atoms with Crippen LogP contribution in [0.1, 0.15) is 69.4 Å². The third-order valence-electron chi connectivity index (χ3n) is 4.08. The van der Waals surface area contributed by atoms with Gasteiger partial charge in [-0.15, -0.1) is 11.3 Å². The second-order valence-corrected chi connectivity index (χ2v) is 6.66. The fourth-order valence-electron chi connectivity index (χ4n) is 2.42. The average Bonchev–Trinajstić information content (AvgIpc) is 2.88. The van der Waals surface area contributed by atoms with Crippen LogP contribution in [0.25, 0.3) is 0 Å². The second kappa shape index (κ2) is 9.54. The van der Waals surface area contributed by atoms with Crippen LogP contribution in [0, 0.1) is 12.8 Å². The van der Waals surface area contributed by atoms with Crippen molar-refractivity contribution in [2.45, 2.75) is 71.9 Å². The number of hydrogen-bond acceptors (Lipinski definition) is 3. The number of hydrogen-bond donors (Lipinski definition) is 1. The van der Waals surface area contributed by atoms with E-state index in [4.69, 9.17) is 10.5 Å². The van der Waals surface area contributed by atoms with Gasteiger partial charge in [0.15, 0.2) is 0 Å². The first-order chi connectivity index (χ1) is 9.63. The number of nitrogens with two attached hydrogens (primary N) is 1. The van der Waals surface area contributed by atoms with Gasteiger partial charge in [0.25, 0.3) is 0 Å². The normalized spacial score (nSPS) is 16.1. The van der Waals surface area contributed by atoms with E-state index in [1.807, 2.05) is 0 Å². The zero-order valence-electron chi connectivity index (χ0n) is 13.5. The molecule has 3 heteroatoms. The molecule has 0 radical (unpaired) electrons. The molecule has 0 saturated carbocycles. The molecule has 1 aromatic heterocycles. The molecular formula is C17H31NOS. The zero-order valence-corrected chi connectivity index (χ0v) is 14.3. The van der Waals surface area contributed by atoms with Crippen LogP contribution in [0.4, 0.5) is 0 Å². The molecule has 1 heterocycles. The summed E-state index contributed by atoms with van der Waals surface area (Å²) in [7, 11) is 0. The van der Waals surface area contributed by atoms with Gasteiger partial charge in [-0.2, -0.15) is 0 Å². The minimum atomic E-state index is 0.0654. The summed E-state index contributed by atoms with van der Waals surface area (Å²) in [6.45, 7) is 9.64. The summed E-state index contributed by atoms with van der Waals surface area (Å²) in [5.41, 5.74) is 7.60. The molecule has 0 spiro atoms. The minimum Gasteiger partial charge on any atom is -0.371 e. The first kappa shape index (κ1) is 17.7. The summed E-state index contributed by atoms with van der Waals surface area (Å²) in [6.07, 6.45) is 6.04. The van der Waals surface area contributed by atoms with Gasteiger partial charge in [0.05, 0.1) is 6.61 Å². The first-order valence-corrected chi connectivity index (χ1v) is 8.93. The van der Waals surface area contributed by atoms with Crippen molar-refractivity contribution in [2.24, 2.45) is 11.7 Å². The molecule has 0 aliphatic rings. The number of thiophene rings is 1. The summed E-state index contributed by atoms with van der Waals surface area (Å²) < 4.78 is 6.26. The largest absolute Gasteiger partial charge is 0.371 e. The highest BCUT2D eigenvalue weighted by atomic mass is 32.1. The lowest BCUT2D eigenvalue weighted by Gasteiger charge is -2.26. The van der Waals surface area contributed by atoms with E-state index in [0.29, 0.717) is 5.92 Å². The Kier molecular flexibility index (Phi) is 8.43. The van der Waals surface area contributed by atoms with Crippen molar-refractivity contribution in [3.8, 4) is 0 Å². The monoisotopic (exact) mass is 297 g/mol. The van der Waals surface area contributed by atoms with Crippen LogP contribution >= 0.6 is 11.3 Å². The Morgan fingerprint density at radius 2 is 2.00 bits per heavy atom. The van der Waals surface area contributed by atoms with E-state index in [2.05, 4.69) is 39.1 Å². The number of rotatable bonds is 10. The number of unbranched alkanes of at least 4 members (excludes halogenated alkanes) is 1. The molecule has 0 bridgehead atoms. The maximum absolute atomic E-state index is 6.29. The molecule has 0 aliphatic heterocycles. The van der Waals surface area contributed by atoms with Crippen LogP contribution in [0.15, 0.2) is 11.4 Å². The van der Waals surface area contributed by atoms with E-state index in [9.17, 15) is 0 Å². The Hall–Kier alpha value is -0.380. The smallest absolute Gasteiger partial charge is 0.107 e. The molecule has 116 valence electrons. The van der Waals surface area contributed by atoms with Crippen molar-refractivity contribution < 1.29 is 4.74 Å². The average molecular weight is 298 g/mol. The summed E-state index contributed by atoms with van der Waals surface area (Å²) in [5, 5.41) is 2.14. The topological polar surface area (TPSA) is 35.2 Å². The van der Waals surface area contributed by atoms with Crippen molar-refractivity contribution in [1.82, 2.24) is 0 Å². The fourth-order valence-corrected chi connectivity index (χ4v) is 3.47. The predicted molar refractivity (Wildman–Crippen MR) is 89.3 cm³/mol. The maximum Gasteiger partial charge on any atom is 0.107 e. The Morgan fingerprint density at radius 1 is 1.25 bits per heavy atom. The number of aryl methyl sites for hydroxylation is 1. The molecule has 3 atom stereocenters. The molecule has 0 fully saturated rings. The van der Waals surface area contributed by atoms with Gasteiger partial charge in [-0.3, -0.25) is 0 Å². The van der Waals surface area contributed by atoms with E-state index < -0.39 is 0 Å². The van der Waals surface area contributed by atoms with Crippen molar-refractivity contribution in [2.75, 3.05) is 6.61 Å². The Bertz CT molecular complexity index is 364. The molecule has 0 saturated heterocycles. The van der Waals surface area contributed by atoms with Crippen LogP contribution in [0.3, 0.4) is 0 Å². The van der Waals surface area contributed by atoms with Gasteiger partial charge >= 0.3 is 0 Å². The molecule has 0 aromatic carbocycles. The van der Waals surface area contributed by atoms with Crippen LogP contribution < -0.4 is 5.73 Å². The molecule has 0 aliphatic carbocycles. The quantitative estimate of drug-likeness (QED) is 0.654. The van der Waals surface area contributed by atoms with Crippen molar-refractivity contribution in [3.05, 3.63) is 21.9 Å². The van der Waals surface area contributed by atoms with E-state index in [0.717, 1.165) is 13.0 Å². The molecule has 2 N–H and O–H groups in total. The van der Waals surface area contributed by atoms with E-state index >= 15 is 0 Å². The second-order valence-electron chi connectivity index (χ2n) is 5.71. The fraction of sp³-hybridized carbons (Fsp3) is 0.765. The van der Waals surface area contributed by atoms with Crippen LogP contribution in [0.5, 0.6) is 0 Å². The van der Waals surface area contributed by atoms with Crippen molar-refractivity contribution >= 4 is 11.3 Å². The van der Waals surface area contributed by atoms with Gasteiger partial charge in [-0.1, -0.05) is 40.0 Å². The molecule has 20 heavy (non-hydrogen) atoms. The SMILES string of the molecule is CCCCC(CC)COC(c1sccc1C)C(N)CC. The third kappa shape index (κ3) is 5.19. The molecule has 1 rings (SSSR count). The van der Waals surface area contributed by atoms with Crippen molar-refractivity contribution in [1.29, 1.82) is 0 Å². The number of ether oxygens (including phenoxy) is 1. The van der Waals surface area contributed by atoms with Gasteiger partial charge in [0.1, 0.15) is 6.10 Å². The molecule has 3 unspecified atom stereocenters. The maximum atomic E-state index is 6.29. The molecule has 1 aromatic rings. The Morgan fingerprint density at radius 3 is 2.50 bits per heavy atom. The highest BCUT2D eigenvalue weighted by Gasteiger charge is 2.23.